The fourth-order valence-corrected chi connectivity index (χ4v) is 2.43. The first-order chi connectivity index (χ1) is 9.15. The molecule has 0 aliphatic carbocycles. The summed E-state index contributed by atoms with van der Waals surface area (Å²) in [5.41, 5.74) is 2.63. The summed E-state index contributed by atoms with van der Waals surface area (Å²) in [5, 5.41) is 4.41. The van der Waals surface area contributed by atoms with Crippen molar-refractivity contribution in [1.82, 2.24) is 5.32 Å². The molecule has 0 aromatic heterocycles. The molecule has 0 aliphatic heterocycles. The molecule has 2 heteroatoms. The molecule has 0 saturated carbocycles. The van der Waals surface area contributed by atoms with Crippen molar-refractivity contribution in [3.05, 3.63) is 70.7 Å². The van der Waals surface area contributed by atoms with E-state index >= 15 is 0 Å². The first-order valence-corrected chi connectivity index (χ1v) is 7.08. The lowest BCUT2D eigenvalue weighted by Crippen LogP contribution is -2.30. The summed E-state index contributed by atoms with van der Waals surface area (Å²) < 4.78 is 0. The molecule has 2 aromatic rings. The largest absolute Gasteiger partial charge is 0.307 e. The van der Waals surface area contributed by atoms with Crippen molar-refractivity contribution in [2.45, 2.75) is 32.4 Å². The number of hydrogen-bond donors (Lipinski definition) is 1. The van der Waals surface area contributed by atoms with Gasteiger partial charge in [0, 0.05) is 17.1 Å². The predicted molar refractivity (Wildman–Crippen MR) is 82.6 cm³/mol. The molecule has 0 aliphatic rings. The average Bonchev–Trinajstić information content (AvgIpc) is 2.40. The highest BCUT2D eigenvalue weighted by Crippen LogP contribution is 2.17. The van der Waals surface area contributed by atoms with Crippen molar-refractivity contribution in [1.29, 1.82) is 0 Å². The Hall–Kier alpha value is -1.31. The van der Waals surface area contributed by atoms with Gasteiger partial charge >= 0.3 is 0 Å². The van der Waals surface area contributed by atoms with E-state index < -0.39 is 0 Å². The Labute approximate surface area is 120 Å². The Kier molecular flexibility index (Phi) is 5.00. The maximum Gasteiger partial charge on any atom is 0.0406 e. The molecule has 0 heterocycles. The van der Waals surface area contributed by atoms with Crippen LogP contribution in [-0.2, 0) is 6.42 Å². The predicted octanol–water partition coefficient (Wildman–Crippen LogP) is 4.62. The average molecular weight is 274 g/mol. The smallest absolute Gasteiger partial charge is 0.0406 e. The van der Waals surface area contributed by atoms with E-state index in [1.54, 1.807) is 0 Å². The molecule has 2 rings (SSSR count). The van der Waals surface area contributed by atoms with Gasteiger partial charge in [-0.3, -0.25) is 0 Å². The van der Waals surface area contributed by atoms with Gasteiger partial charge in [0.2, 0.25) is 0 Å². The summed E-state index contributed by atoms with van der Waals surface area (Å²) in [5.74, 6) is 0. The minimum absolute atomic E-state index is 0.330. The van der Waals surface area contributed by atoms with Crippen LogP contribution >= 0.6 is 11.6 Å². The first-order valence-electron chi connectivity index (χ1n) is 6.70. The van der Waals surface area contributed by atoms with Crippen LogP contribution in [0.25, 0.3) is 0 Å². The van der Waals surface area contributed by atoms with Crippen molar-refractivity contribution in [2.75, 3.05) is 0 Å². The third-order valence-corrected chi connectivity index (χ3v) is 3.54. The van der Waals surface area contributed by atoms with Crippen LogP contribution in [-0.4, -0.2) is 6.04 Å². The van der Waals surface area contributed by atoms with Crippen LogP contribution in [0.15, 0.2) is 54.6 Å². The maximum absolute atomic E-state index is 5.91. The molecule has 1 nitrogen and oxygen atoms in total. The molecule has 0 radical (unpaired) electrons. The Morgan fingerprint density at radius 3 is 2.21 bits per heavy atom. The minimum Gasteiger partial charge on any atom is -0.307 e. The molecule has 2 aromatic carbocycles. The summed E-state index contributed by atoms with van der Waals surface area (Å²) in [4.78, 5) is 0. The van der Waals surface area contributed by atoms with Gasteiger partial charge in [0.05, 0.1) is 0 Å². The third kappa shape index (κ3) is 4.38. The Morgan fingerprint density at radius 1 is 0.947 bits per heavy atom. The molecule has 1 N–H and O–H groups in total. The quantitative estimate of drug-likeness (QED) is 0.838. The lowest BCUT2D eigenvalue weighted by Gasteiger charge is -2.20. The molecule has 0 fully saturated rings. The van der Waals surface area contributed by atoms with Gasteiger partial charge in [-0.1, -0.05) is 54.1 Å². The molecule has 100 valence electrons. The standard InChI is InChI=1S/C17H20ClN/c1-13(12-15-6-4-3-5-7-15)19-14(2)16-8-10-17(18)11-9-16/h3-11,13-14,19H,12H2,1-2H3. The number of nitrogens with one attached hydrogen (secondary N) is 1. The van der Waals surface area contributed by atoms with Gasteiger partial charge in [0.1, 0.15) is 0 Å². The van der Waals surface area contributed by atoms with E-state index in [0.29, 0.717) is 12.1 Å². The van der Waals surface area contributed by atoms with Gasteiger partial charge in [-0.2, -0.15) is 0 Å². The van der Waals surface area contributed by atoms with Crippen LogP contribution in [0, 0.1) is 0 Å². The number of hydrogen-bond acceptors (Lipinski definition) is 1. The van der Waals surface area contributed by atoms with Crippen molar-refractivity contribution < 1.29 is 0 Å². The second kappa shape index (κ2) is 6.74. The van der Waals surface area contributed by atoms with E-state index in [4.69, 9.17) is 11.6 Å². The van der Waals surface area contributed by atoms with Crippen LogP contribution in [0.3, 0.4) is 0 Å². The summed E-state index contributed by atoms with van der Waals surface area (Å²) in [7, 11) is 0. The zero-order valence-electron chi connectivity index (χ0n) is 11.4. The van der Waals surface area contributed by atoms with Crippen LogP contribution in [0.2, 0.25) is 5.02 Å². The van der Waals surface area contributed by atoms with E-state index in [-0.39, 0.29) is 0 Å². The topological polar surface area (TPSA) is 12.0 Å². The summed E-state index contributed by atoms with van der Waals surface area (Å²) in [6.45, 7) is 4.41. The molecule has 0 saturated heterocycles. The fourth-order valence-electron chi connectivity index (χ4n) is 2.30. The highest BCUT2D eigenvalue weighted by molar-refractivity contribution is 6.30. The molecule has 19 heavy (non-hydrogen) atoms. The molecular formula is C17H20ClN. The SMILES string of the molecule is CC(Cc1ccccc1)NC(C)c1ccc(Cl)cc1. The molecular weight excluding hydrogens is 254 g/mol. The zero-order valence-corrected chi connectivity index (χ0v) is 12.2. The Bertz CT molecular complexity index is 492. The summed E-state index contributed by atoms with van der Waals surface area (Å²) in [6.07, 6.45) is 1.04. The van der Waals surface area contributed by atoms with E-state index in [0.717, 1.165) is 11.4 Å². The van der Waals surface area contributed by atoms with Gasteiger partial charge in [-0.25, -0.2) is 0 Å². The molecule has 0 amide bonds. The van der Waals surface area contributed by atoms with Crippen LogP contribution < -0.4 is 5.32 Å². The monoisotopic (exact) mass is 273 g/mol. The van der Waals surface area contributed by atoms with Gasteiger partial charge in [-0.05, 0) is 43.5 Å². The minimum atomic E-state index is 0.330. The van der Waals surface area contributed by atoms with Crippen LogP contribution in [0.1, 0.15) is 31.0 Å². The normalized spacial score (nSPS) is 14.1. The van der Waals surface area contributed by atoms with E-state index in [1.807, 2.05) is 12.1 Å². The lowest BCUT2D eigenvalue weighted by molar-refractivity contribution is 0.477. The number of benzene rings is 2. The molecule has 0 bridgehead atoms. The van der Waals surface area contributed by atoms with E-state index in [1.165, 1.54) is 11.1 Å². The van der Waals surface area contributed by atoms with E-state index in [9.17, 15) is 0 Å². The van der Waals surface area contributed by atoms with Gasteiger partial charge in [0.25, 0.3) is 0 Å². The Balaban J connectivity index is 1.91. The molecule has 0 spiro atoms. The second-order valence-corrected chi connectivity index (χ2v) is 5.47. The fraction of sp³-hybridized carbons (Fsp3) is 0.294. The first kappa shape index (κ1) is 14.1. The van der Waals surface area contributed by atoms with E-state index in [2.05, 4.69) is 61.6 Å². The van der Waals surface area contributed by atoms with Crippen molar-refractivity contribution in [3.63, 3.8) is 0 Å². The number of halogens is 1. The highest BCUT2D eigenvalue weighted by Gasteiger charge is 2.09. The Morgan fingerprint density at radius 2 is 1.58 bits per heavy atom. The number of rotatable bonds is 5. The molecule has 2 atom stereocenters. The van der Waals surface area contributed by atoms with Crippen LogP contribution in [0.5, 0.6) is 0 Å². The van der Waals surface area contributed by atoms with Crippen molar-refractivity contribution in [3.8, 4) is 0 Å². The van der Waals surface area contributed by atoms with Gasteiger partial charge < -0.3 is 5.32 Å². The summed E-state index contributed by atoms with van der Waals surface area (Å²) >= 11 is 5.91. The molecule has 2 unspecified atom stereocenters. The highest BCUT2D eigenvalue weighted by atomic mass is 35.5. The van der Waals surface area contributed by atoms with Gasteiger partial charge in [0.15, 0.2) is 0 Å². The van der Waals surface area contributed by atoms with Crippen molar-refractivity contribution >= 4 is 11.6 Å². The van der Waals surface area contributed by atoms with Crippen molar-refractivity contribution in [2.24, 2.45) is 0 Å². The maximum atomic E-state index is 5.91. The third-order valence-electron chi connectivity index (χ3n) is 3.29. The second-order valence-electron chi connectivity index (χ2n) is 5.03. The van der Waals surface area contributed by atoms with Crippen LogP contribution in [0.4, 0.5) is 0 Å². The lowest BCUT2D eigenvalue weighted by atomic mass is 10.0. The van der Waals surface area contributed by atoms with Gasteiger partial charge in [-0.15, -0.1) is 0 Å². The zero-order chi connectivity index (χ0) is 13.7. The summed E-state index contributed by atoms with van der Waals surface area (Å²) in [6, 6.07) is 19.4.